The average molecular weight is 383 g/mol. The average Bonchev–Trinajstić information content (AvgIpc) is 2.67. The van der Waals surface area contributed by atoms with Crippen LogP contribution in [0, 0.1) is 10.1 Å². The Hall–Kier alpha value is -3.11. The number of nitro benzene ring substituents is 1. The Kier molecular flexibility index (Phi) is 5.02. The van der Waals surface area contributed by atoms with Gasteiger partial charge in [0.05, 0.1) is 17.6 Å². The normalized spacial score (nSPS) is 15.0. The Labute approximate surface area is 152 Å². The fourth-order valence-electron chi connectivity index (χ4n) is 2.95. The summed E-state index contributed by atoms with van der Waals surface area (Å²) < 4.78 is 43.7. The van der Waals surface area contributed by atoms with Crippen molar-refractivity contribution in [2.45, 2.75) is 6.18 Å². The van der Waals surface area contributed by atoms with E-state index in [1.165, 1.54) is 19.5 Å². The number of anilines is 2. The summed E-state index contributed by atoms with van der Waals surface area (Å²) in [5.74, 6) is 0.924. The number of hydrogen-bond donors (Lipinski definition) is 0. The number of benzene rings is 1. The first kappa shape index (κ1) is 18.7. The summed E-state index contributed by atoms with van der Waals surface area (Å²) in [6.45, 7) is 1.69. The van der Waals surface area contributed by atoms with Crippen LogP contribution in [0.3, 0.4) is 0 Å². The molecule has 0 atom stereocenters. The second kappa shape index (κ2) is 7.25. The van der Waals surface area contributed by atoms with Gasteiger partial charge in [0.15, 0.2) is 5.82 Å². The van der Waals surface area contributed by atoms with E-state index in [9.17, 15) is 23.3 Å². The number of ether oxygens (including phenoxy) is 1. The van der Waals surface area contributed by atoms with Gasteiger partial charge in [0.1, 0.15) is 5.69 Å². The van der Waals surface area contributed by atoms with Crippen LogP contribution < -0.4 is 14.5 Å². The Bertz CT molecular complexity index is 838. The van der Waals surface area contributed by atoms with Crippen LogP contribution in [0.25, 0.3) is 0 Å². The van der Waals surface area contributed by atoms with E-state index in [4.69, 9.17) is 4.74 Å². The van der Waals surface area contributed by atoms with Crippen molar-refractivity contribution in [2.75, 3.05) is 43.1 Å². The fraction of sp³-hybridized carbons (Fsp3) is 0.375. The van der Waals surface area contributed by atoms with Crippen LogP contribution in [-0.2, 0) is 6.18 Å². The molecule has 0 spiro atoms. The monoisotopic (exact) mass is 383 g/mol. The van der Waals surface area contributed by atoms with Gasteiger partial charge in [-0.3, -0.25) is 10.1 Å². The van der Waals surface area contributed by atoms with E-state index in [0.717, 1.165) is 12.1 Å². The first-order chi connectivity index (χ1) is 12.8. The van der Waals surface area contributed by atoms with Gasteiger partial charge in [-0.2, -0.15) is 13.2 Å². The van der Waals surface area contributed by atoms with Gasteiger partial charge in [-0.15, -0.1) is 0 Å². The largest absolute Gasteiger partial charge is 0.478 e. The molecule has 8 nitrogen and oxygen atoms in total. The molecule has 144 valence electrons. The van der Waals surface area contributed by atoms with Gasteiger partial charge >= 0.3 is 6.18 Å². The van der Waals surface area contributed by atoms with Crippen molar-refractivity contribution in [3.05, 3.63) is 46.3 Å². The molecule has 0 bridgehead atoms. The van der Waals surface area contributed by atoms with Crippen molar-refractivity contribution in [2.24, 2.45) is 0 Å². The van der Waals surface area contributed by atoms with Crippen LogP contribution in [0.2, 0.25) is 0 Å². The van der Waals surface area contributed by atoms with Crippen molar-refractivity contribution in [1.29, 1.82) is 0 Å². The SMILES string of the molecule is COc1nccnc1N1CCN(c2ccc(C(F)(F)F)cc2[N+](=O)[O-])CC1. The molecule has 0 N–H and O–H groups in total. The fourth-order valence-corrected chi connectivity index (χ4v) is 2.95. The predicted octanol–water partition coefficient (Wildman–Crippen LogP) is 2.74. The number of halogens is 3. The van der Waals surface area contributed by atoms with Gasteiger partial charge < -0.3 is 14.5 Å². The van der Waals surface area contributed by atoms with Crippen molar-refractivity contribution in [3.8, 4) is 5.88 Å². The number of rotatable bonds is 4. The molecule has 0 unspecified atom stereocenters. The maximum Gasteiger partial charge on any atom is 0.416 e. The molecule has 1 aromatic carbocycles. The number of methoxy groups -OCH3 is 1. The lowest BCUT2D eigenvalue weighted by molar-refractivity contribution is -0.384. The van der Waals surface area contributed by atoms with Crippen molar-refractivity contribution < 1.29 is 22.8 Å². The van der Waals surface area contributed by atoms with Gasteiger partial charge in [-0.25, -0.2) is 9.97 Å². The molecular weight excluding hydrogens is 367 g/mol. The highest BCUT2D eigenvalue weighted by Gasteiger charge is 2.34. The smallest absolute Gasteiger partial charge is 0.416 e. The zero-order chi connectivity index (χ0) is 19.6. The second-order valence-corrected chi connectivity index (χ2v) is 5.82. The van der Waals surface area contributed by atoms with Crippen LogP contribution in [0.15, 0.2) is 30.6 Å². The molecule has 3 rings (SSSR count). The van der Waals surface area contributed by atoms with Crippen LogP contribution in [0.1, 0.15) is 5.56 Å². The van der Waals surface area contributed by atoms with E-state index in [0.29, 0.717) is 43.9 Å². The summed E-state index contributed by atoms with van der Waals surface area (Å²) in [5, 5.41) is 11.3. The lowest BCUT2D eigenvalue weighted by Crippen LogP contribution is -2.47. The first-order valence-electron chi connectivity index (χ1n) is 8.02. The van der Waals surface area contributed by atoms with Crippen molar-refractivity contribution >= 4 is 17.2 Å². The van der Waals surface area contributed by atoms with Crippen LogP contribution in [-0.4, -0.2) is 48.2 Å². The standard InChI is InChI=1S/C16H16F3N5O3/c1-27-15-14(20-4-5-21-15)23-8-6-22(7-9-23)12-3-2-11(16(17,18)19)10-13(12)24(25)26/h2-5,10H,6-9H2,1H3. The van der Waals surface area contributed by atoms with Gasteiger partial charge in [-0.1, -0.05) is 0 Å². The Balaban J connectivity index is 1.81. The van der Waals surface area contributed by atoms with E-state index >= 15 is 0 Å². The van der Waals surface area contributed by atoms with E-state index in [1.54, 1.807) is 4.90 Å². The molecule has 27 heavy (non-hydrogen) atoms. The lowest BCUT2D eigenvalue weighted by atomic mass is 10.1. The summed E-state index contributed by atoms with van der Waals surface area (Å²) in [4.78, 5) is 22.4. The molecule has 0 radical (unpaired) electrons. The third kappa shape index (κ3) is 3.86. The zero-order valence-electron chi connectivity index (χ0n) is 14.3. The molecule has 2 heterocycles. The van der Waals surface area contributed by atoms with Crippen molar-refractivity contribution in [1.82, 2.24) is 9.97 Å². The quantitative estimate of drug-likeness (QED) is 0.593. The molecule has 1 fully saturated rings. The maximum atomic E-state index is 12.8. The van der Waals surface area contributed by atoms with E-state index in [2.05, 4.69) is 9.97 Å². The minimum Gasteiger partial charge on any atom is -0.478 e. The van der Waals surface area contributed by atoms with Gasteiger partial charge in [0.25, 0.3) is 11.6 Å². The first-order valence-corrected chi connectivity index (χ1v) is 8.02. The molecule has 1 aliphatic heterocycles. The third-order valence-electron chi connectivity index (χ3n) is 4.26. The Morgan fingerprint density at radius 3 is 2.33 bits per heavy atom. The van der Waals surface area contributed by atoms with E-state index in [-0.39, 0.29) is 5.69 Å². The highest BCUT2D eigenvalue weighted by atomic mass is 19.4. The summed E-state index contributed by atoms with van der Waals surface area (Å²) in [5.41, 5.74) is -1.44. The Morgan fingerprint density at radius 1 is 1.11 bits per heavy atom. The highest BCUT2D eigenvalue weighted by molar-refractivity contribution is 5.65. The molecule has 0 amide bonds. The molecule has 1 saturated heterocycles. The minimum atomic E-state index is -4.63. The van der Waals surface area contributed by atoms with Crippen molar-refractivity contribution in [3.63, 3.8) is 0 Å². The third-order valence-corrected chi connectivity index (χ3v) is 4.26. The maximum absolute atomic E-state index is 12.8. The predicted molar refractivity (Wildman–Crippen MR) is 91.1 cm³/mol. The number of nitrogens with zero attached hydrogens (tertiary/aromatic N) is 5. The van der Waals surface area contributed by atoms with Crippen LogP contribution >= 0.6 is 0 Å². The van der Waals surface area contributed by atoms with Crippen LogP contribution in [0.4, 0.5) is 30.4 Å². The molecule has 11 heteroatoms. The van der Waals surface area contributed by atoms with Crippen LogP contribution in [0.5, 0.6) is 5.88 Å². The van der Waals surface area contributed by atoms with Gasteiger partial charge in [0.2, 0.25) is 0 Å². The molecular formula is C16H16F3N5O3. The number of piperazine rings is 1. The minimum absolute atomic E-state index is 0.166. The second-order valence-electron chi connectivity index (χ2n) is 5.82. The van der Waals surface area contributed by atoms with Gasteiger partial charge in [0, 0.05) is 44.6 Å². The summed E-state index contributed by atoms with van der Waals surface area (Å²) >= 11 is 0. The number of nitro groups is 1. The molecule has 1 aromatic heterocycles. The lowest BCUT2D eigenvalue weighted by Gasteiger charge is -2.36. The van der Waals surface area contributed by atoms with E-state index < -0.39 is 22.4 Å². The molecule has 1 aliphatic rings. The molecule has 0 aliphatic carbocycles. The Morgan fingerprint density at radius 2 is 1.74 bits per heavy atom. The van der Waals surface area contributed by atoms with Gasteiger partial charge in [-0.05, 0) is 12.1 Å². The number of hydrogen-bond acceptors (Lipinski definition) is 7. The highest BCUT2D eigenvalue weighted by Crippen LogP contribution is 2.37. The molecule has 2 aromatic rings. The topological polar surface area (TPSA) is 84.6 Å². The summed E-state index contributed by atoms with van der Waals surface area (Å²) in [6.07, 6.45) is -1.60. The number of alkyl halides is 3. The zero-order valence-corrected chi connectivity index (χ0v) is 14.3. The number of aromatic nitrogens is 2. The summed E-state index contributed by atoms with van der Waals surface area (Å²) in [6, 6.07) is 2.59. The summed E-state index contributed by atoms with van der Waals surface area (Å²) in [7, 11) is 1.48. The van der Waals surface area contributed by atoms with E-state index in [1.807, 2.05) is 4.90 Å². The molecule has 0 saturated carbocycles.